The van der Waals surface area contributed by atoms with Gasteiger partial charge in [-0.3, -0.25) is 9.59 Å². The highest BCUT2D eigenvalue weighted by Crippen LogP contribution is 2.26. The molecule has 6 heteroatoms. The van der Waals surface area contributed by atoms with Gasteiger partial charge in [-0.25, -0.2) is 0 Å². The number of aromatic hydroxyl groups is 1. The number of likely N-dealkylation sites (tertiary alicyclic amines) is 1. The van der Waals surface area contributed by atoms with Crippen LogP contribution in [0.15, 0.2) is 22.7 Å². The van der Waals surface area contributed by atoms with Crippen LogP contribution in [0.4, 0.5) is 0 Å². The lowest BCUT2D eigenvalue weighted by molar-refractivity contribution is -0.123. The number of hydrogen-bond donors (Lipinski definition) is 2. The molecule has 5 nitrogen and oxygen atoms in total. The molecule has 2 rings (SSSR count). The number of piperidine rings is 1. The van der Waals surface area contributed by atoms with E-state index in [9.17, 15) is 14.7 Å². The number of primary amides is 1. The third kappa shape index (κ3) is 2.89. The van der Waals surface area contributed by atoms with Crippen molar-refractivity contribution >= 4 is 27.7 Å². The van der Waals surface area contributed by atoms with Crippen LogP contribution in [-0.2, 0) is 4.79 Å². The van der Waals surface area contributed by atoms with Gasteiger partial charge in [0.1, 0.15) is 11.8 Å². The van der Waals surface area contributed by atoms with E-state index in [1.54, 1.807) is 6.07 Å². The number of halogens is 1. The lowest BCUT2D eigenvalue weighted by atomic mass is 10.00. The minimum Gasteiger partial charge on any atom is -0.507 e. The Labute approximate surface area is 119 Å². The summed E-state index contributed by atoms with van der Waals surface area (Å²) in [5.74, 6) is -0.952. The molecular formula is C13H15BrN2O3. The molecule has 0 bridgehead atoms. The second-order valence-corrected chi connectivity index (χ2v) is 5.49. The highest BCUT2D eigenvalue weighted by Gasteiger charge is 2.32. The van der Waals surface area contributed by atoms with E-state index in [4.69, 9.17) is 5.73 Å². The normalized spacial score (nSPS) is 19.2. The van der Waals surface area contributed by atoms with Crippen LogP contribution < -0.4 is 5.73 Å². The van der Waals surface area contributed by atoms with E-state index in [0.29, 0.717) is 17.4 Å². The average molecular weight is 327 g/mol. The maximum Gasteiger partial charge on any atom is 0.258 e. The van der Waals surface area contributed by atoms with Crippen molar-refractivity contribution < 1.29 is 14.7 Å². The molecule has 1 aliphatic rings. The fraction of sp³-hybridized carbons (Fsp3) is 0.385. The first-order chi connectivity index (χ1) is 9.00. The Hall–Kier alpha value is -1.56. The van der Waals surface area contributed by atoms with Crippen molar-refractivity contribution in [1.29, 1.82) is 0 Å². The maximum atomic E-state index is 12.4. The summed E-state index contributed by atoms with van der Waals surface area (Å²) in [7, 11) is 0. The summed E-state index contributed by atoms with van der Waals surface area (Å²) in [5.41, 5.74) is 5.52. The van der Waals surface area contributed by atoms with Crippen LogP contribution in [0.25, 0.3) is 0 Å². The van der Waals surface area contributed by atoms with E-state index >= 15 is 0 Å². The summed E-state index contributed by atoms with van der Waals surface area (Å²) in [5, 5.41) is 9.82. The lowest BCUT2D eigenvalue weighted by Crippen LogP contribution is -2.50. The molecule has 1 unspecified atom stereocenters. The first-order valence-electron chi connectivity index (χ1n) is 6.09. The van der Waals surface area contributed by atoms with Crippen molar-refractivity contribution in [1.82, 2.24) is 4.90 Å². The summed E-state index contributed by atoms with van der Waals surface area (Å²) in [4.78, 5) is 25.2. The molecule has 1 fully saturated rings. The summed E-state index contributed by atoms with van der Waals surface area (Å²) in [6.45, 7) is 0.488. The van der Waals surface area contributed by atoms with Crippen LogP contribution in [0.5, 0.6) is 5.75 Å². The number of nitrogens with zero attached hydrogens (tertiary/aromatic N) is 1. The van der Waals surface area contributed by atoms with Gasteiger partial charge in [-0.1, -0.05) is 15.9 Å². The van der Waals surface area contributed by atoms with Gasteiger partial charge in [-0.15, -0.1) is 0 Å². The van der Waals surface area contributed by atoms with Gasteiger partial charge in [0.25, 0.3) is 5.91 Å². The molecule has 0 spiro atoms. The smallest absolute Gasteiger partial charge is 0.258 e. The number of amides is 2. The second kappa shape index (κ2) is 5.61. The van der Waals surface area contributed by atoms with Gasteiger partial charge in [0, 0.05) is 11.0 Å². The fourth-order valence-electron chi connectivity index (χ4n) is 2.31. The van der Waals surface area contributed by atoms with E-state index in [2.05, 4.69) is 15.9 Å². The number of carbonyl (C=O) groups excluding carboxylic acids is 2. The molecule has 1 saturated heterocycles. The first-order valence-corrected chi connectivity index (χ1v) is 6.89. The molecule has 0 aliphatic carbocycles. The van der Waals surface area contributed by atoms with Crippen LogP contribution in [0.2, 0.25) is 0 Å². The molecular weight excluding hydrogens is 312 g/mol. The van der Waals surface area contributed by atoms with Crippen molar-refractivity contribution in [3.05, 3.63) is 28.2 Å². The molecule has 0 saturated carbocycles. The van der Waals surface area contributed by atoms with Gasteiger partial charge in [0.15, 0.2) is 0 Å². The summed E-state index contributed by atoms with van der Waals surface area (Å²) in [6.07, 6.45) is 2.30. The molecule has 2 amide bonds. The molecule has 1 atom stereocenters. The molecule has 19 heavy (non-hydrogen) atoms. The van der Waals surface area contributed by atoms with Crippen LogP contribution in [0.1, 0.15) is 29.6 Å². The van der Waals surface area contributed by atoms with E-state index in [0.717, 1.165) is 12.8 Å². The van der Waals surface area contributed by atoms with Crippen LogP contribution in [-0.4, -0.2) is 34.4 Å². The fourth-order valence-corrected chi connectivity index (χ4v) is 2.66. The standard InChI is InChI=1S/C13H15BrN2O3/c14-8-4-5-9(11(17)7-8)13(19)16-6-2-1-3-10(16)12(15)18/h4-5,7,10,17H,1-3,6H2,(H2,15,18). The zero-order chi connectivity index (χ0) is 14.0. The van der Waals surface area contributed by atoms with Gasteiger partial charge in [0.05, 0.1) is 5.56 Å². The number of hydrogen-bond acceptors (Lipinski definition) is 3. The minimum absolute atomic E-state index is 0.104. The predicted molar refractivity (Wildman–Crippen MR) is 73.7 cm³/mol. The number of carbonyl (C=O) groups is 2. The van der Waals surface area contributed by atoms with Gasteiger partial charge in [0.2, 0.25) is 5.91 Å². The van der Waals surface area contributed by atoms with Crippen molar-refractivity contribution in [2.75, 3.05) is 6.54 Å². The Bertz CT molecular complexity index is 519. The van der Waals surface area contributed by atoms with Crippen LogP contribution in [0, 0.1) is 0 Å². The zero-order valence-electron chi connectivity index (χ0n) is 10.3. The molecule has 3 N–H and O–H groups in total. The van der Waals surface area contributed by atoms with E-state index in [1.807, 2.05) is 0 Å². The highest BCUT2D eigenvalue weighted by atomic mass is 79.9. The van der Waals surface area contributed by atoms with E-state index < -0.39 is 11.9 Å². The number of phenolic OH excluding ortho intramolecular Hbond substituents is 1. The Morgan fingerprint density at radius 3 is 2.74 bits per heavy atom. The summed E-state index contributed by atoms with van der Waals surface area (Å²) in [6, 6.07) is 4.09. The van der Waals surface area contributed by atoms with E-state index in [-0.39, 0.29) is 17.2 Å². The van der Waals surface area contributed by atoms with Gasteiger partial charge in [-0.05, 0) is 37.5 Å². The molecule has 1 heterocycles. The predicted octanol–water partition coefficient (Wildman–Crippen LogP) is 1.63. The van der Waals surface area contributed by atoms with E-state index in [1.165, 1.54) is 17.0 Å². The summed E-state index contributed by atoms with van der Waals surface area (Å²) >= 11 is 3.22. The Morgan fingerprint density at radius 2 is 2.11 bits per heavy atom. The third-order valence-corrected chi connectivity index (χ3v) is 3.78. The molecule has 0 aromatic heterocycles. The first kappa shape index (κ1) is 13.9. The quantitative estimate of drug-likeness (QED) is 0.866. The topological polar surface area (TPSA) is 83.6 Å². The Balaban J connectivity index is 2.28. The molecule has 1 aromatic rings. The molecule has 1 aliphatic heterocycles. The number of rotatable bonds is 2. The third-order valence-electron chi connectivity index (χ3n) is 3.28. The lowest BCUT2D eigenvalue weighted by Gasteiger charge is -2.33. The number of benzene rings is 1. The largest absolute Gasteiger partial charge is 0.507 e. The monoisotopic (exact) mass is 326 g/mol. The molecule has 0 radical (unpaired) electrons. The molecule has 102 valence electrons. The van der Waals surface area contributed by atoms with Gasteiger partial charge in [-0.2, -0.15) is 0 Å². The summed E-state index contributed by atoms with van der Waals surface area (Å²) < 4.78 is 0.687. The van der Waals surface area contributed by atoms with Crippen molar-refractivity contribution in [3.8, 4) is 5.75 Å². The van der Waals surface area contributed by atoms with Gasteiger partial charge >= 0.3 is 0 Å². The second-order valence-electron chi connectivity index (χ2n) is 4.57. The Morgan fingerprint density at radius 1 is 1.37 bits per heavy atom. The van der Waals surface area contributed by atoms with Crippen molar-refractivity contribution in [3.63, 3.8) is 0 Å². The minimum atomic E-state index is -0.579. The number of phenols is 1. The molecule has 1 aromatic carbocycles. The van der Waals surface area contributed by atoms with Crippen LogP contribution >= 0.6 is 15.9 Å². The average Bonchev–Trinajstić information content (AvgIpc) is 2.38. The van der Waals surface area contributed by atoms with Crippen molar-refractivity contribution in [2.24, 2.45) is 5.73 Å². The van der Waals surface area contributed by atoms with Crippen molar-refractivity contribution in [2.45, 2.75) is 25.3 Å². The van der Waals surface area contributed by atoms with Gasteiger partial charge < -0.3 is 15.7 Å². The SMILES string of the molecule is NC(=O)C1CCCCN1C(=O)c1ccc(Br)cc1O. The Kier molecular flexibility index (Phi) is 4.09. The number of nitrogens with two attached hydrogens (primary N) is 1. The highest BCUT2D eigenvalue weighted by molar-refractivity contribution is 9.10. The zero-order valence-corrected chi connectivity index (χ0v) is 11.9. The maximum absolute atomic E-state index is 12.4. The van der Waals surface area contributed by atoms with Crippen LogP contribution in [0.3, 0.4) is 0 Å².